The maximum atomic E-state index is 13.1. The van der Waals surface area contributed by atoms with Gasteiger partial charge in [0.2, 0.25) is 6.29 Å². The lowest BCUT2D eigenvalue weighted by Gasteiger charge is -2.54. The molecule has 1 saturated carbocycles. The molecule has 2 saturated heterocycles. The van der Waals surface area contributed by atoms with Crippen LogP contribution in [-0.2, 0) is 43.0 Å². The zero-order valence-electron chi connectivity index (χ0n) is 21.5. The number of hydrogen-bond acceptors (Lipinski definition) is 10. The Bertz CT molecular complexity index is 836. The van der Waals surface area contributed by atoms with Crippen LogP contribution in [0, 0.1) is 28.6 Å². The zero-order valence-corrected chi connectivity index (χ0v) is 21.5. The minimum absolute atomic E-state index is 0.248. The van der Waals surface area contributed by atoms with Gasteiger partial charge in [-0.1, -0.05) is 27.7 Å². The lowest BCUT2D eigenvalue weighted by Crippen LogP contribution is -2.68. The molecule has 10 heteroatoms. The fourth-order valence-corrected chi connectivity index (χ4v) is 7.62. The molecule has 2 heterocycles. The van der Waals surface area contributed by atoms with Crippen LogP contribution in [0.5, 0.6) is 0 Å². The number of methoxy groups -OCH3 is 2. The summed E-state index contributed by atoms with van der Waals surface area (Å²) in [6.07, 6.45) is -2.37. The third-order valence-corrected chi connectivity index (χ3v) is 8.47. The Kier molecular flexibility index (Phi) is 6.89. The van der Waals surface area contributed by atoms with E-state index in [1.807, 2.05) is 20.8 Å². The molecule has 0 aromatic carbocycles. The number of hydrogen-bond donors (Lipinski definition) is 1. The van der Waals surface area contributed by atoms with Gasteiger partial charge in [0, 0.05) is 25.9 Å². The van der Waals surface area contributed by atoms with Crippen molar-refractivity contribution >= 4 is 17.9 Å². The molecule has 1 N–H and O–H groups in total. The first-order valence-electron chi connectivity index (χ1n) is 11.7. The molecule has 0 spiro atoms. The molecule has 9 atom stereocenters. The first-order chi connectivity index (χ1) is 15.7. The first kappa shape index (κ1) is 26.8. The Hall–Kier alpha value is -1.75. The molecule has 5 unspecified atom stereocenters. The third kappa shape index (κ3) is 3.32. The summed E-state index contributed by atoms with van der Waals surface area (Å²) < 4.78 is 28.6. The van der Waals surface area contributed by atoms with Crippen molar-refractivity contribution < 1.29 is 48.2 Å². The molecule has 0 radical (unpaired) electrons. The monoisotopic (exact) mass is 486 g/mol. The quantitative estimate of drug-likeness (QED) is 0.248. The van der Waals surface area contributed by atoms with E-state index < -0.39 is 76.2 Å². The van der Waals surface area contributed by atoms with Crippen LogP contribution in [0.15, 0.2) is 0 Å². The van der Waals surface area contributed by atoms with Gasteiger partial charge in [-0.3, -0.25) is 14.8 Å². The number of ether oxygens (including phenoxy) is 5. The van der Waals surface area contributed by atoms with Crippen LogP contribution in [0.3, 0.4) is 0 Å². The summed E-state index contributed by atoms with van der Waals surface area (Å²) in [5.41, 5.74) is -4.77. The van der Waals surface area contributed by atoms with Crippen molar-refractivity contribution in [2.45, 2.75) is 91.0 Å². The molecule has 3 rings (SSSR count). The van der Waals surface area contributed by atoms with Gasteiger partial charge in [-0.2, -0.15) is 0 Å². The van der Waals surface area contributed by atoms with E-state index in [1.165, 1.54) is 21.1 Å². The van der Waals surface area contributed by atoms with Crippen molar-refractivity contribution in [3.05, 3.63) is 0 Å². The molecule has 3 aliphatic rings. The number of rotatable bonds is 7. The lowest BCUT2D eigenvalue weighted by molar-refractivity contribution is -0.382. The molecular formula is C24H38O10. The average Bonchev–Trinajstić information content (AvgIpc) is 3.23. The van der Waals surface area contributed by atoms with Gasteiger partial charge in [-0.25, -0.2) is 9.68 Å². The van der Waals surface area contributed by atoms with Crippen LogP contribution >= 0.6 is 0 Å². The van der Waals surface area contributed by atoms with E-state index >= 15 is 0 Å². The van der Waals surface area contributed by atoms with Gasteiger partial charge < -0.3 is 23.7 Å². The number of carbonyl (C=O) groups excluding carboxylic acids is 3. The van der Waals surface area contributed by atoms with Crippen molar-refractivity contribution in [2.75, 3.05) is 14.2 Å². The Labute approximate surface area is 200 Å². The summed E-state index contributed by atoms with van der Waals surface area (Å²) in [5, 5.41) is 10.7. The van der Waals surface area contributed by atoms with Gasteiger partial charge in [0.05, 0.1) is 13.0 Å². The van der Waals surface area contributed by atoms with Crippen LogP contribution in [-0.4, -0.2) is 67.1 Å². The predicted molar refractivity (Wildman–Crippen MR) is 117 cm³/mol. The molecule has 2 aliphatic heterocycles. The van der Waals surface area contributed by atoms with Crippen molar-refractivity contribution in [1.82, 2.24) is 0 Å². The smallest absolute Gasteiger partial charge is 0.338 e. The highest BCUT2D eigenvalue weighted by Gasteiger charge is 2.87. The van der Waals surface area contributed by atoms with Gasteiger partial charge in [-0.15, -0.1) is 0 Å². The molecule has 10 nitrogen and oxygen atoms in total. The Morgan fingerprint density at radius 2 is 1.82 bits per heavy atom. The number of carbonyl (C=O) groups is 3. The molecule has 34 heavy (non-hydrogen) atoms. The topological polar surface area (TPSA) is 127 Å². The van der Waals surface area contributed by atoms with E-state index in [9.17, 15) is 19.6 Å². The largest absolute Gasteiger partial charge is 0.469 e. The van der Waals surface area contributed by atoms with E-state index in [4.69, 9.17) is 28.6 Å². The normalized spacial score (nSPS) is 39.6. The Morgan fingerprint density at radius 1 is 1.21 bits per heavy atom. The second-order valence-electron chi connectivity index (χ2n) is 11.1. The fraction of sp³-hybridized carbons (Fsp3) is 0.875. The van der Waals surface area contributed by atoms with E-state index in [1.54, 1.807) is 20.8 Å². The van der Waals surface area contributed by atoms with Crippen LogP contribution in [0.2, 0.25) is 0 Å². The SMILES string of the molecule is COC(=O)C(C)[C@H]1CCC2(OO)C1(C)OC1OC(=O)[C@H](OC)C12[C@@H]([C@H](C)OC(C)=O)C(C)(C)C. The maximum absolute atomic E-state index is 13.1. The zero-order chi connectivity index (χ0) is 25.9. The first-order valence-corrected chi connectivity index (χ1v) is 11.7. The van der Waals surface area contributed by atoms with Crippen molar-refractivity contribution in [3.63, 3.8) is 0 Å². The molecule has 3 fully saturated rings. The lowest BCUT2D eigenvalue weighted by atomic mass is 9.51. The highest BCUT2D eigenvalue weighted by Crippen LogP contribution is 2.73. The standard InChI is InChI=1S/C24H38O10/c1-12(18(26)30-9)15-10-11-23(34-28)22(15,7)33-20-24(23,17(29-8)19(27)32-20)16(21(4,5)6)13(2)31-14(3)25/h12-13,15-17,20,28H,10-11H2,1-9H3/t12?,13-,15+,16-,17-,20?,22?,23?,24?/m0/s1. The number of fused-ring (bicyclic) bond motifs is 3. The van der Waals surface area contributed by atoms with Crippen LogP contribution in [0.25, 0.3) is 0 Å². The highest BCUT2D eigenvalue weighted by atomic mass is 17.1. The minimum atomic E-state index is -1.52. The summed E-state index contributed by atoms with van der Waals surface area (Å²) in [7, 11) is 2.70. The average molecular weight is 487 g/mol. The Morgan fingerprint density at radius 3 is 2.29 bits per heavy atom. The molecular weight excluding hydrogens is 448 g/mol. The van der Waals surface area contributed by atoms with E-state index in [0.29, 0.717) is 6.42 Å². The molecule has 0 aromatic heterocycles. The van der Waals surface area contributed by atoms with Gasteiger partial charge in [-0.05, 0) is 32.1 Å². The van der Waals surface area contributed by atoms with E-state index in [0.717, 1.165) is 0 Å². The number of esters is 3. The van der Waals surface area contributed by atoms with Crippen molar-refractivity contribution in [2.24, 2.45) is 28.6 Å². The van der Waals surface area contributed by atoms with Gasteiger partial charge in [0.15, 0.2) is 6.10 Å². The predicted octanol–water partition coefficient (Wildman–Crippen LogP) is 2.72. The fourth-order valence-electron chi connectivity index (χ4n) is 7.62. The maximum Gasteiger partial charge on any atom is 0.338 e. The molecule has 0 aromatic rings. The second kappa shape index (κ2) is 8.72. The molecule has 194 valence electrons. The van der Waals surface area contributed by atoms with Gasteiger partial charge in [0.25, 0.3) is 0 Å². The summed E-state index contributed by atoms with van der Waals surface area (Å²) in [5.74, 6) is -3.19. The summed E-state index contributed by atoms with van der Waals surface area (Å²) >= 11 is 0. The molecule has 1 aliphatic carbocycles. The molecule has 0 amide bonds. The second-order valence-corrected chi connectivity index (χ2v) is 11.1. The molecule has 0 bridgehead atoms. The van der Waals surface area contributed by atoms with Gasteiger partial charge >= 0.3 is 17.9 Å². The van der Waals surface area contributed by atoms with Crippen LogP contribution < -0.4 is 0 Å². The summed E-state index contributed by atoms with van der Waals surface area (Å²) in [4.78, 5) is 43.0. The Balaban J connectivity index is 2.31. The van der Waals surface area contributed by atoms with Crippen LogP contribution in [0.1, 0.15) is 61.3 Å². The van der Waals surface area contributed by atoms with E-state index in [-0.39, 0.29) is 6.42 Å². The highest BCUT2D eigenvalue weighted by molar-refractivity contribution is 5.80. The van der Waals surface area contributed by atoms with Gasteiger partial charge in [0.1, 0.15) is 22.7 Å². The van der Waals surface area contributed by atoms with Crippen LogP contribution in [0.4, 0.5) is 0 Å². The summed E-state index contributed by atoms with van der Waals surface area (Å²) in [6.45, 7) is 12.4. The van der Waals surface area contributed by atoms with Crippen molar-refractivity contribution in [3.8, 4) is 0 Å². The third-order valence-electron chi connectivity index (χ3n) is 8.47. The minimum Gasteiger partial charge on any atom is -0.469 e. The summed E-state index contributed by atoms with van der Waals surface area (Å²) in [6, 6.07) is 0. The van der Waals surface area contributed by atoms with E-state index in [2.05, 4.69) is 0 Å². The van der Waals surface area contributed by atoms with Crippen molar-refractivity contribution in [1.29, 1.82) is 0 Å².